The molecule has 0 bridgehead atoms. The zero-order valence-electron chi connectivity index (χ0n) is 11.7. The van der Waals surface area contributed by atoms with E-state index >= 15 is 0 Å². The maximum Gasteiger partial charge on any atom is 0.188 e. The molecule has 5 nitrogen and oxygen atoms in total. The third kappa shape index (κ3) is 4.44. The highest BCUT2D eigenvalue weighted by Gasteiger charge is 2.19. The number of aryl methyl sites for hydroxylation is 1. The number of thiophene rings is 1. The van der Waals surface area contributed by atoms with Gasteiger partial charge in [-0.1, -0.05) is 6.07 Å². The summed E-state index contributed by atoms with van der Waals surface area (Å²) in [6.07, 6.45) is 6.81. The molecule has 3 N–H and O–H groups in total. The number of rotatable bonds is 4. The topological polar surface area (TPSA) is 68.2 Å². The molecule has 0 aliphatic carbocycles. The number of imidazole rings is 1. The van der Waals surface area contributed by atoms with Crippen LogP contribution in [0.25, 0.3) is 0 Å². The van der Waals surface area contributed by atoms with Crippen molar-refractivity contribution in [3.63, 3.8) is 0 Å². The lowest BCUT2D eigenvalue weighted by Crippen LogP contribution is -2.44. The van der Waals surface area contributed by atoms with Crippen LogP contribution in [0.3, 0.4) is 0 Å². The Hall–Kier alpha value is -1.09. The third-order valence-corrected chi connectivity index (χ3v) is 4.46. The van der Waals surface area contributed by atoms with Gasteiger partial charge in [0.1, 0.15) is 5.82 Å². The van der Waals surface area contributed by atoms with E-state index in [0.29, 0.717) is 12.0 Å². The predicted octanol–water partition coefficient (Wildman–Crippen LogP) is 2.02. The zero-order valence-corrected chi connectivity index (χ0v) is 14.9. The lowest BCUT2D eigenvalue weighted by Gasteiger charge is -2.24. The van der Waals surface area contributed by atoms with E-state index in [9.17, 15) is 0 Å². The minimum absolute atomic E-state index is 0. The first-order chi connectivity index (χ1) is 9.81. The highest BCUT2D eigenvalue weighted by Crippen LogP contribution is 2.13. The van der Waals surface area contributed by atoms with Crippen molar-refractivity contribution in [3.8, 4) is 0 Å². The summed E-state index contributed by atoms with van der Waals surface area (Å²) in [5, 5.41) is 5.40. The first-order valence-corrected chi connectivity index (χ1v) is 7.78. The van der Waals surface area contributed by atoms with Crippen LogP contribution in [0.2, 0.25) is 0 Å². The van der Waals surface area contributed by atoms with Crippen LogP contribution in [0.15, 0.2) is 34.9 Å². The van der Waals surface area contributed by atoms with Gasteiger partial charge < -0.3 is 15.6 Å². The number of fused-ring (bicyclic) bond motifs is 1. The Morgan fingerprint density at radius 3 is 3.29 bits per heavy atom. The number of aromatic nitrogens is 2. The highest BCUT2D eigenvalue weighted by molar-refractivity contribution is 14.0. The lowest BCUT2D eigenvalue weighted by atomic mass is 10.1. The van der Waals surface area contributed by atoms with Gasteiger partial charge >= 0.3 is 0 Å². The fourth-order valence-electron chi connectivity index (χ4n) is 2.47. The predicted molar refractivity (Wildman–Crippen MR) is 97.4 cm³/mol. The zero-order chi connectivity index (χ0) is 13.8. The number of nitrogens with one attached hydrogen (secondary N) is 1. The third-order valence-electron chi connectivity index (χ3n) is 3.52. The molecule has 0 saturated carbocycles. The Labute approximate surface area is 145 Å². The fourth-order valence-corrected chi connectivity index (χ4v) is 3.17. The quantitative estimate of drug-likeness (QED) is 0.455. The summed E-state index contributed by atoms with van der Waals surface area (Å²) >= 11 is 1.76. The van der Waals surface area contributed by atoms with Gasteiger partial charge in [0.25, 0.3) is 0 Å². The van der Waals surface area contributed by atoms with Gasteiger partial charge in [0, 0.05) is 49.2 Å². The van der Waals surface area contributed by atoms with E-state index in [1.165, 1.54) is 4.88 Å². The molecule has 0 aromatic carbocycles. The second-order valence-corrected chi connectivity index (χ2v) is 6.00. The lowest BCUT2D eigenvalue weighted by molar-refractivity contribution is 0.434. The first-order valence-electron chi connectivity index (χ1n) is 6.90. The molecule has 3 heterocycles. The second-order valence-electron chi connectivity index (χ2n) is 4.97. The van der Waals surface area contributed by atoms with E-state index in [4.69, 9.17) is 5.73 Å². The average molecular weight is 417 g/mol. The van der Waals surface area contributed by atoms with Gasteiger partial charge in [0.05, 0.1) is 0 Å². The minimum atomic E-state index is 0. The van der Waals surface area contributed by atoms with Crippen molar-refractivity contribution in [2.45, 2.75) is 31.8 Å². The maximum absolute atomic E-state index is 5.95. The van der Waals surface area contributed by atoms with E-state index in [2.05, 4.69) is 37.4 Å². The summed E-state index contributed by atoms with van der Waals surface area (Å²) in [7, 11) is 0. The maximum atomic E-state index is 5.95. The molecule has 1 aliphatic rings. The van der Waals surface area contributed by atoms with Crippen molar-refractivity contribution in [1.82, 2.24) is 14.9 Å². The Bertz CT molecular complexity index is 578. The van der Waals surface area contributed by atoms with Gasteiger partial charge in [-0.15, -0.1) is 35.3 Å². The van der Waals surface area contributed by atoms with Crippen LogP contribution >= 0.6 is 35.3 Å². The highest BCUT2D eigenvalue weighted by atomic mass is 127. The fraction of sp³-hybridized carbons (Fsp3) is 0.429. The van der Waals surface area contributed by atoms with Gasteiger partial charge in [-0.3, -0.25) is 4.99 Å². The number of aliphatic imine (C=N–C) groups is 1. The van der Waals surface area contributed by atoms with E-state index in [-0.39, 0.29) is 24.0 Å². The molecule has 1 aliphatic heterocycles. The van der Waals surface area contributed by atoms with Crippen LogP contribution in [-0.2, 0) is 19.4 Å². The molecule has 0 spiro atoms. The number of hydrogen-bond acceptors (Lipinski definition) is 3. The van der Waals surface area contributed by atoms with Crippen molar-refractivity contribution in [1.29, 1.82) is 0 Å². The molecule has 0 fully saturated rings. The Morgan fingerprint density at radius 2 is 2.48 bits per heavy atom. The van der Waals surface area contributed by atoms with Crippen molar-refractivity contribution < 1.29 is 0 Å². The summed E-state index contributed by atoms with van der Waals surface area (Å²) in [5.41, 5.74) is 5.95. The summed E-state index contributed by atoms with van der Waals surface area (Å²) in [6, 6.07) is 4.54. The molecule has 3 rings (SSSR count). The van der Waals surface area contributed by atoms with Gasteiger partial charge in [-0.2, -0.15) is 0 Å². The largest absolute Gasteiger partial charge is 0.370 e. The van der Waals surface area contributed by atoms with Crippen molar-refractivity contribution in [2.24, 2.45) is 10.7 Å². The monoisotopic (exact) mass is 417 g/mol. The van der Waals surface area contributed by atoms with E-state index in [1.54, 1.807) is 11.3 Å². The van der Waals surface area contributed by atoms with Crippen LogP contribution in [-0.4, -0.2) is 28.1 Å². The number of nitrogens with zero attached hydrogens (tertiary/aromatic N) is 3. The molecule has 2 aromatic heterocycles. The van der Waals surface area contributed by atoms with Gasteiger partial charge in [-0.25, -0.2) is 4.98 Å². The van der Waals surface area contributed by atoms with Crippen LogP contribution in [0.4, 0.5) is 0 Å². The molecule has 0 radical (unpaired) electrons. The number of guanidine groups is 1. The Kier molecular flexibility index (Phi) is 6.04. The first kappa shape index (κ1) is 16.3. The Morgan fingerprint density at radius 1 is 1.57 bits per heavy atom. The van der Waals surface area contributed by atoms with Crippen molar-refractivity contribution in [2.75, 3.05) is 6.54 Å². The van der Waals surface area contributed by atoms with E-state index in [0.717, 1.165) is 38.2 Å². The van der Waals surface area contributed by atoms with Crippen LogP contribution in [0, 0.1) is 0 Å². The van der Waals surface area contributed by atoms with Gasteiger partial charge in [-0.05, 0) is 17.9 Å². The standard InChI is InChI=1S/C14H19N5S.HI/c15-14(17-5-3-12-2-1-9-20-12)18-11-4-7-19-8-6-16-13(19)10-11;/h1-2,6,8-9,11H,3-5,7,10H2,(H3,15,17,18);1H. The van der Waals surface area contributed by atoms with Crippen LogP contribution in [0.1, 0.15) is 17.1 Å². The van der Waals surface area contributed by atoms with Crippen molar-refractivity contribution in [3.05, 3.63) is 40.6 Å². The number of halogens is 1. The molecule has 7 heteroatoms. The van der Waals surface area contributed by atoms with Crippen LogP contribution in [0.5, 0.6) is 0 Å². The molecule has 21 heavy (non-hydrogen) atoms. The average Bonchev–Trinajstić information content (AvgIpc) is 3.08. The molecule has 1 unspecified atom stereocenters. The van der Waals surface area contributed by atoms with E-state index in [1.807, 2.05) is 12.4 Å². The molecule has 2 aromatic rings. The molecule has 1 atom stereocenters. The molecular formula is C14H20IN5S. The van der Waals surface area contributed by atoms with Gasteiger partial charge in [0.2, 0.25) is 0 Å². The molecule has 114 valence electrons. The van der Waals surface area contributed by atoms with Crippen LogP contribution < -0.4 is 11.1 Å². The molecule has 0 saturated heterocycles. The normalized spacial score (nSPS) is 17.9. The van der Waals surface area contributed by atoms with Crippen molar-refractivity contribution >= 4 is 41.3 Å². The number of nitrogens with two attached hydrogens (primary N) is 1. The summed E-state index contributed by atoms with van der Waals surface area (Å²) < 4.78 is 2.20. The Balaban J connectivity index is 0.00000161. The van der Waals surface area contributed by atoms with Gasteiger partial charge in [0.15, 0.2) is 5.96 Å². The summed E-state index contributed by atoms with van der Waals surface area (Å²) in [5.74, 6) is 1.67. The van der Waals surface area contributed by atoms with E-state index < -0.39 is 0 Å². The number of hydrogen-bond donors (Lipinski definition) is 2. The minimum Gasteiger partial charge on any atom is -0.370 e. The molecule has 0 amide bonds. The molecular weight excluding hydrogens is 397 g/mol. The second kappa shape index (κ2) is 7.79. The smallest absolute Gasteiger partial charge is 0.188 e. The summed E-state index contributed by atoms with van der Waals surface area (Å²) in [4.78, 5) is 10.1. The SMILES string of the molecule is I.NC(=NCCc1cccs1)NC1CCn2ccnc2C1. The summed E-state index contributed by atoms with van der Waals surface area (Å²) in [6.45, 7) is 1.73.